The molecule has 3 nitrogen and oxygen atoms in total. The van der Waals surface area contributed by atoms with Crippen LogP contribution in [0.1, 0.15) is 12.5 Å². The summed E-state index contributed by atoms with van der Waals surface area (Å²) in [4.78, 5) is 2.41. The van der Waals surface area contributed by atoms with Gasteiger partial charge in [-0.3, -0.25) is 5.43 Å². The number of aromatic nitrogens is 1. The van der Waals surface area contributed by atoms with Crippen molar-refractivity contribution in [3.05, 3.63) is 59.2 Å². The molecule has 1 N–H and O–H groups in total. The second-order valence-electron chi connectivity index (χ2n) is 4.01. The molecule has 0 fully saturated rings. The Kier molecular flexibility index (Phi) is 4.15. The predicted octanol–water partition coefficient (Wildman–Crippen LogP) is 3.61. The molecule has 0 spiro atoms. The number of nitrogens with one attached hydrogen (secondary N) is 1. The summed E-state index contributed by atoms with van der Waals surface area (Å²) < 4.78 is 65.2. The molecular formula is C13H8F5N3. The minimum absolute atomic E-state index is 0.228. The lowest BCUT2D eigenvalue weighted by Crippen LogP contribution is -2.07. The van der Waals surface area contributed by atoms with Crippen LogP contribution in [0.2, 0.25) is 0 Å². The van der Waals surface area contributed by atoms with Crippen molar-refractivity contribution in [2.75, 3.05) is 5.43 Å². The highest BCUT2D eigenvalue weighted by atomic mass is 19.2. The zero-order chi connectivity index (χ0) is 15.6. The van der Waals surface area contributed by atoms with Gasteiger partial charge in [-0.05, 0) is 24.6 Å². The Hall–Kier alpha value is -2.51. The molecule has 0 radical (unpaired) electrons. The lowest BCUT2D eigenvalue weighted by atomic mass is 10.1. The van der Waals surface area contributed by atoms with Crippen molar-refractivity contribution >= 4 is 11.4 Å². The second-order valence-corrected chi connectivity index (χ2v) is 4.01. The van der Waals surface area contributed by atoms with Crippen molar-refractivity contribution in [1.82, 2.24) is 4.98 Å². The van der Waals surface area contributed by atoms with Crippen molar-refractivity contribution in [2.24, 2.45) is 5.10 Å². The third kappa shape index (κ3) is 3.15. The van der Waals surface area contributed by atoms with Gasteiger partial charge in [-0.2, -0.15) is 27.6 Å². The van der Waals surface area contributed by atoms with E-state index in [1.165, 1.54) is 31.2 Å². The molecule has 0 bridgehead atoms. The summed E-state index contributed by atoms with van der Waals surface area (Å²) in [5.74, 6) is -7.42. The first-order chi connectivity index (χ1) is 9.90. The standard InChI is InChI=1S/C13H8F5N3/c1-6(7-2-4-8(14)5-3-7)20-21-11-9(15)12(17)19-13(18)10(11)16/h2-5H,1H3,(H,19,21)/b20-6-. The fourth-order valence-corrected chi connectivity index (χ4v) is 1.48. The van der Waals surface area contributed by atoms with Crippen LogP contribution >= 0.6 is 0 Å². The van der Waals surface area contributed by atoms with Gasteiger partial charge >= 0.3 is 0 Å². The Bertz CT molecular complexity index is 672. The van der Waals surface area contributed by atoms with E-state index in [-0.39, 0.29) is 5.71 Å². The Morgan fingerprint density at radius 3 is 2.00 bits per heavy atom. The Morgan fingerprint density at radius 2 is 1.48 bits per heavy atom. The summed E-state index contributed by atoms with van der Waals surface area (Å²) in [6, 6.07) is 5.11. The number of pyridine rings is 1. The van der Waals surface area contributed by atoms with E-state index in [1.807, 2.05) is 5.43 Å². The quantitative estimate of drug-likeness (QED) is 0.407. The van der Waals surface area contributed by atoms with Gasteiger partial charge in [0.1, 0.15) is 11.5 Å². The number of anilines is 1. The molecule has 2 aromatic rings. The first-order valence-electron chi connectivity index (χ1n) is 5.66. The van der Waals surface area contributed by atoms with Crippen LogP contribution in [0.5, 0.6) is 0 Å². The molecule has 0 unspecified atom stereocenters. The Labute approximate surface area is 116 Å². The monoisotopic (exact) mass is 301 g/mol. The molecule has 0 saturated heterocycles. The van der Waals surface area contributed by atoms with E-state index in [9.17, 15) is 22.0 Å². The molecule has 8 heteroatoms. The van der Waals surface area contributed by atoms with Crippen molar-refractivity contribution < 1.29 is 22.0 Å². The second kappa shape index (κ2) is 5.86. The number of hydrogen-bond acceptors (Lipinski definition) is 3. The molecule has 0 aliphatic heterocycles. The van der Waals surface area contributed by atoms with E-state index in [0.29, 0.717) is 5.56 Å². The van der Waals surface area contributed by atoms with Crippen molar-refractivity contribution in [3.63, 3.8) is 0 Å². The van der Waals surface area contributed by atoms with Gasteiger partial charge in [-0.25, -0.2) is 4.39 Å². The van der Waals surface area contributed by atoms with E-state index in [0.717, 1.165) is 0 Å². The number of benzene rings is 1. The summed E-state index contributed by atoms with van der Waals surface area (Å²) in [7, 11) is 0. The van der Waals surface area contributed by atoms with E-state index in [1.54, 1.807) is 0 Å². The maximum Gasteiger partial charge on any atom is 0.254 e. The smallest absolute Gasteiger partial charge is 0.254 e. The van der Waals surface area contributed by atoms with Crippen LogP contribution in [-0.4, -0.2) is 10.7 Å². The normalized spacial score (nSPS) is 11.6. The Balaban J connectivity index is 2.31. The lowest BCUT2D eigenvalue weighted by molar-refractivity contribution is 0.411. The van der Waals surface area contributed by atoms with E-state index < -0.39 is 35.0 Å². The molecule has 0 saturated carbocycles. The average molecular weight is 301 g/mol. The van der Waals surface area contributed by atoms with Crippen LogP contribution in [0.4, 0.5) is 27.6 Å². The highest BCUT2D eigenvalue weighted by Gasteiger charge is 2.20. The van der Waals surface area contributed by atoms with Crippen molar-refractivity contribution in [2.45, 2.75) is 6.92 Å². The van der Waals surface area contributed by atoms with Crippen LogP contribution in [0.15, 0.2) is 29.4 Å². The third-order valence-corrected chi connectivity index (χ3v) is 2.59. The zero-order valence-electron chi connectivity index (χ0n) is 10.6. The average Bonchev–Trinajstić information content (AvgIpc) is 2.45. The van der Waals surface area contributed by atoms with Crippen LogP contribution in [0, 0.1) is 29.3 Å². The fraction of sp³-hybridized carbons (Fsp3) is 0.0769. The van der Waals surface area contributed by atoms with E-state index in [2.05, 4.69) is 10.1 Å². The molecule has 0 aliphatic carbocycles. The third-order valence-electron chi connectivity index (χ3n) is 2.59. The lowest BCUT2D eigenvalue weighted by Gasteiger charge is -2.06. The molecule has 0 amide bonds. The highest BCUT2D eigenvalue weighted by molar-refractivity contribution is 5.99. The molecule has 1 heterocycles. The van der Waals surface area contributed by atoms with Gasteiger partial charge in [0.05, 0.1) is 5.71 Å². The SMILES string of the molecule is C/C(=N/Nc1c(F)c(F)nc(F)c1F)c1ccc(F)cc1. The topological polar surface area (TPSA) is 37.3 Å². The van der Waals surface area contributed by atoms with E-state index >= 15 is 0 Å². The largest absolute Gasteiger partial charge is 0.272 e. The van der Waals surface area contributed by atoms with Crippen LogP contribution < -0.4 is 5.43 Å². The molecule has 2 rings (SSSR count). The van der Waals surface area contributed by atoms with Crippen LogP contribution in [0.3, 0.4) is 0 Å². The summed E-state index contributed by atoms with van der Waals surface area (Å²) in [6.45, 7) is 1.46. The van der Waals surface area contributed by atoms with Gasteiger partial charge in [0, 0.05) is 0 Å². The van der Waals surface area contributed by atoms with Gasteiger partial charge in [0.2, 0.25) is 11.6 Å². The summed E-state index contributed by atoms with van der Waals surface area (Å²) in [5.41, 5.74) is 1.49. The predicted molar refractivity (Wildman–Crippen MR) is 66.3 cm³/mol. The van der Waals surface area contributed by atoms with Crippen molar-refractivity contribution in [1.29, 1.82) is 0 Å². The molecule has 21 heavy (non-hydrogen) atoms. The number of hydrazone groups is 1. The van der Waals surface area contributed by atoms with E-state index in [4.69, 9.17) is 0 Å². The van der Waals surface area contributed by atoms with Gasteiger partial charge in [0.15, 0.2) is 0 Å². The zero-order valence-corrected chi connectivity index (χ0v) is 10.6. The number of halogens is 5. The molecule has 110 valence electrons. The van der Waals surface area contributed by atoms with Crippen LogP contribution in [-0.2, 0) is 0 Å². The maximum atomic E-state index is 13.3. The first-order valence-corrected chi connectivity index (χ1v) is 5.66. The molecule has 0 aliphatic rings. The van der Waals surface area contributed by atoms with Crippen LogP contribution in [0.25, 0.3) is 0 Å². The van der Waals surface area contributed by atoms with Gasteiger partial charge in [-0.15, -0.1) is 0 Å². The minimum atomic E-state index is -1.79. The van der Waals surface area contributed by atoms with Gasteiger partial charge in [-0.1, -0.05) is 12.1 Å². The van der Waals surface area contributed by atoms with Gasteiger partial charge in [0.25, 0.3) is 11.9 Å². The maximum absolute atomic E-state index is 13.3. The highest BCUT2D eigenvalue weighted by Crippen LogP contribution is 2.22. The van der Waals surface area contributed by atoms with Gasteiger partial charge < -0.3 is 0 Å². The molecule has 1 aromatic heterocycles. The number of rotatable bonds is 3. The molecule has 0 atom stereocenters. The molecular weight excluding hydrogens is 293 g/mol. The fourth-order valence-electron chi connectivity index (χ4n) is 1.48. The number of hydrogen-bond donors (Lipinski definition) is 1. The summed E-state index contributed by atoms with van der Waals surface area (Å²) in [5, 5.41) is 3.60. The minimum Gasteiger partial charge on any atom is -0.272 e. The summed E-state index contributed by atoms with van der Waals surface area (Å²) in [6.07, 6.45) is 0. The number of nitrogens with zero attached hydrogens (tertiary/aromatic N) is 2. The summed E-state index contributed by atoms with van der Waals surface area (Å²) >= 11 is 0. The van der Waals surface area contributed by atoms with Crippen molar-refractivity contribution in [3.8, 4) is 0 Å². The molecule has 1 aromatic carbocycles. The Morgan fingerprint density at radius 1 is 0.952 bits per heavy atom. The first kappa shape index (κ1) is 14.9.